The van der Waals surface area contributed by atoms with Crippen LogP contribution in [0.4, 0.5) is 16.2 Å². The number of amides is 2. The number of nitrogens with zero attached hydrogens (tertiary/aromatic N) is 3. The molecule has 2 atom stereocenters. The normalized spacial score (nSPS) is 18.9. The fourth-order valence-corrected chi connectivity index (χ4v) is 4.81. The van der Waals surface area contributed by atoms with Gasteiger partial charge in [-0.15, -0.1) is 0 Å². The van der Waals surface area contributed by atoms with Crippen LogP contribution in [0.15, 0.2) is 65.6 Å². The van der Waals surface area contributed by atoms with E-state index in [0.29, 0.717) is 31.9 Å². The van der Waals surface area contributed by atoms with Crippen LogP contribution in [0.2, 0.25) is 0 Å². The first-order valence-corrected chi connectivity index (χ1v) is 11.2. The van der Waals surface area contributed by atoms with Crippen molar-refractivity contribution >= 4 is 17.4 Å². The molecule has 0 saturated carbocycles. The minimum absolute atomic E-state index is 0.00531. The number of anilines is 2. The predicted molar refractivity (Wildman–Crippen MR) is 127 cm³/mol. The van der Waals surface area contributed by atoms with Gasteiger partial charge in [0, 0.05) is 43.1 Å². The molecule has 2 amide bonds. The maximum Gasteiger partial charge on any atom is 0.321 e. The second kappa shape index (κ2) is 8.97. The zero-order valence-corrected chi connectivity index (χ0v) is 18.5. The SMILES string of the molecule is COc1ccc(NC(=O)N2C[C@@H]3C[C@H](C2)c2ccc(NCc4ccccn4)c(=O)n2C3)cc1. The summed E-state index contributed by atoms with van der Waals surface area (Å²) in [6.07, 6.45) is 2.74. The first kappa shape index (κ1) is 21.1. The van der Waals surface area contributed by atoms with Gasteiger partial charge in [-0.1, -0.05) is 6.07 Å². The molecule has 3 aromatic rings. The van der Waals surface area contributed by atoms with E-state index in [0.717, 1.165) is 29.2 Å². The quantitative estimate of drug-likeness (QED) is 0.627. The molecule has 0 aliphatic carbocycles. The fraction of sp³-hybridized carbons (Fsp3) is 0.320. The number of pyridine rings is 2. The molecule has 4 heterocycles. The molecule has 0 radical (unpaired) electrons. The molecule has 8 nitrogen and oxygen atoms in total. The average Bonchev–Trinajstić information content (AvgIpc) is 2.85. The van der Waals surface area contributed by atoms with E-state index >= 15 is 0 Å². The number of benzene rings is 1. The van der Waals surface area contributed by atoms with Crippen LogP contribution in [-0.4, -0.2) is 40.7 Å². The van der Waals surface area contributed by atoms with Gasteiger partial charge >= 0.3 is 6.03 Å². The first-order valence-electron chi connectivity index (χ1n) is 11.2. The van der Waals surface area contributed by atoms with Gasteiger partial charge < -0.3 is 24.8 Å². The molecular formula is C25H27N5O3. The molecule has 2 bridgehead atoms. The second-order valence-corrected chi connectivity index (χ2v) is 8.62. The lowest BCUT2D eigenvalue weighted by Crippen LogP contribution is -2.50. The minimum Gasteiger partial charge on any atom is -0.497 e. The number of fused-ring (bicyclic) bond motifs is 4. The molecule has 1 fully saturated rings. The van der Waals surface area contributed by atoms with E-state index < -0.39 is 0 Å². The van der Waals surface area contributed by atoms with Gasteiger partial charge in [-0.3, -0.25) is 9.78 Å². The Kier molecular flexibility index (Phi) is 5.73. The van der Waals surface area contributed by atoms with Crippen LogP contribution >= 0.6 is 0 Å². The van der Waals surface area contributed by atoms with Crippen LogP contribution in [-0.2, 0) is 13.1 Å². The van der Waals surface area contributed by atoms with Crippen LogP contribution in [0, 0.1) is 5.92 Å². The topological polar surface area (TPSA) is 88.5 Å². The molecule has 8 heteroatoms. The Morgan fingerprint density at radius 3 is 2.70 bits per heavy atom. The van der Waals surface area contributed by atoms with Crippen LogP contribution in [0.3, 0.4) is 0 Å². The van der Waals surface area contributed by atoms with Crippen molar-refractivity contribution < 1.29 is 9.53 Å². The molecule has 33 heavy (non-hydrogen) atoms. The van der Waals surface area contributed by atoms with Crippen molar-refractivity contribution in [3.05, 3.63) is 82.5 Å². The van der Waals surface area contributed by atoms with E-state index in [4.69, 9.17) is 4.74 Å². The number of nitrogens with one attached hydrogen (secondary N) is 2. The molecule has 2 aromatic heterocycles. The van der Waals surface area contributed by atoms with Crippen molar-refractivity contribution in [1.82, 2.24) is 14.5 Å². The number of likely N-dealkylation sites (tertiary alicyclic amines) is 1. The number of hydrogen-bond donors (Lipinski definition) is 2. The summed E-state index contributed by atoms with van der Waals surface area (Å²) in [7, 11) is 1.61. The Bertz CT molecular complexity index is 1190. The number of urea groups is 1. The number of rotatable bonds is 5. The van der Waals surface area contributed by atoms with Crippen molar-refractivity contribution in [3.63, 3.8) is 0 Å². The molecule has 1 aromatic carbocycles. The number of carbonyl (C=O) groups is 1. The molecule has 0 spiro atoms. The maximum atomic E-state index is 13.2. The highest BCUT2D eigenvalue weighted by molar-refractivity contribution is 5.89. The van der Waals surface area contributed by atoms with E-state index in [2.05, 4.69) is 15.6 Å². The molecule has 1 saturated heterocycles. The monoisotopic (exact) mass is 445 g/mol. The molecule has 2 aliphatic heterocycles. The van der Waals surface area contributed by atoms with Crippen LogP contribution in [0.1, 0.15) is 23.7 Å². The number of carbonyl (C=O) groups excluding carboxylic acids is 1. The summed E-state index contributed by atoms with van der Waals surface area (Å²) in [4.78, 5) is 32.2. The average molecular weight is 446 g/mol. The van der Waals surface area contributed by atoms with Crippen molar-refractivity contribution in [2.75, 3.05) is 30.8 Å². The zero-order chi connectivity index (χ0) is 22.8. The highest BCUT2D eigenvalue weighted by atomic mass is 16.5. The molecule has 0 unspecified atom stereocenters. The van der Waals surface area contributed by atoms with E-state index in [1.165, 1.54) is 0 Å². The largest absolute Gasteiger partial charge is 0.497 e. The van der Waals surface area contributed by atoms with Crippen molar-refractivity contribution in [2.24, 2.45) is 5.92 Å². The maximum absolute atomic E-state index is 13.2. The Hall–Kier alpha value is -3.81. The summed E-state index contributed by atoms with van der Waals surface area (Å²) in [6, 6.07) is 16.8. The summed E-state index contributed by atoms with van der Waals surface area (Å²) in [5.41, 5.74) is 3.20. The van der Waals surface area contributed by atoms with Crippen LogP contribution < -0.4 is 20.9 Å². The number of methoxy groups -OCH3 is 1. The van der Waals surface area contributed by atoms with Crippen molar-refractivity contribution in [3.8, 4) is 5.75 Å². The molecule has 5 rings (SSSR count). The van der Waals surface area contributed by atoms with Crippen molar-refractivity contribution in [1.29, 1.82) is 0 Å². The number of aromatic nitrogens is 2. The standard InChI is InChI=1S/C25H27N5O3/c1-33-21-7-5-19(6-8-21)28-25(32)29-14-17-12-18(16-29)23-10-9-22(24(31)30(23)15-17)27-13-20-4-2-3-11-26-20/h2-11,17-18,27H,12-16H2,1H3,(H,28,32)/t17-,18+/m0/s1. The number of hydrogen-bond acceptors (Lipinski definition) is 5. The predicted octanol–water partition coefficient (Wildman–Crippen LogP) is 3.52. The van der Waals surface area contributed by atoms with E-state index in [1.54, 1.807) is 13.3 Å². The Balaban J connectivity index is 1.28. The Morgan fingerprint density at radius 2 is 1.94 bits per heavy atom. The Labute approximate surface area is 192 Å². The summed E-state index contributed by atoms with van der Waals surface area (Å²) < 4.78 is 7.06. The Morgan fingerprint density at radius 1 is 1.09 bits per heavy atom. The first-order chi connectivity index (χ1) is 16.1. The lowest BCUT2D eigenvalue weighted by molar-refractivity contribution is 0.139. The fourth-order valence-electron chi connectivity index (χ4n) is 4.81. The molecule has 2 aliphatic rings. The van der Waals surface area contributed by atoms with Gasteiger partial charge in [0.1, 0.15) is 11.4 Å². The van der Waals surface area contributed by atoms with E-state index in [9.17, 15) is 9.59 Å². The lowest BCUT2D eigenvalue weighted by Gasteiger charge is -2.42. The lowest BCUT2D eigenvalue weighted by atomic mass is 9.83. The van der Waals surface area contributed by atoms with E-state index in [-0.39, 0.29) is 23.4 Å². The number of piperidine rings is 1. The van der Waals surface area contributed by atoms with Gasteiger partial charge in [-0.05, 0) is 60.9 Å². The smallest absolute Gasteiger partial charge is 0.321 e. The van der Waals surface area contributed by atoms with Gasteiger partial charge in [0.2, 0.25) is 0 Å². The highest BCUT2D eigenvalue weighted by Gasteiger charge is 2.36. The van der Waals surface area contributed by atoms with Gasteiger partial charge in [-0.25, -0.2) is 4.79 Å². The third-order valence-electron chi connectivity index (χ3n) is 6.42. The second-order valence-electron chi connectivity index (χ2n) is 8.62. The summed E-state index contributed by atoms with van der Waals surface area (Å²) in [5.74, 6) is 1.15. The molecule has 2 N–H and O–H groups in total. The van der Waals surface area contributed by atoms with Crippen LogP contribution in [0.25, 0.3) is 0 Å². The highest BCUT2D eigenvalue weighted by Crippen LogP contribution is 2.35. The molecule has 170 valence electrons. The summed E-state index contributed by atoms with van der Waals surface area (Å²) >= 11 is 0. The third-order valence-corrected chi connectivity index (χ3v) is 6.42. The third kappa shape index (κ3) is 4.41. The molecular weight excluding hydrogens is 418 g/mol. The summed E-state index contributed by atoms with van der Waals surface area (Å²) in [6.45, 7) is 2.35. The number of ether oxygens (including phenoxy) is 1. The van der Waals surface area contributed by atoms with Crippen molar-refractivity contribution in [2.45, 2.75) is 25.4 Å². The zero-order valence-electron chi connectivity index (χ0n) is 18.5. The minimum atomic E-state index is -0.112. The van der Waals surface area contributed by atoms with Gasteiger partial charge in [0.25, 0.3) is 5.56 Å². The summed E-state index contributed by atoms with van der Waals surface area (Å²) in [5, 5.41) is 6.20. The van der Waals surface area contributed by atoms with Crippen LogP contribution in [0.5, 0.6) is 5.75 Å². The van der Waals surface area contributed by atoms with Gasteiger partial charge in [0.15, 0.2) is 0 Å². The van der Waals surface area contributed by atoms with Gasteiger partial charge in [-0.2, -0.15) is 0 Å². The van der Waals surface area contributed by atoms with E-state index in [1.807, 2.05) is 64.1 Å². The van der Waals surface area contributed by atoms with Gasteiger partial charge in [0.05, 0.1) is 19.3 Å².